The zero-order valence-corrected chi connectivity index (χ0v) is 13.2. The molecular formula is C13H21ClN4OS. The molecule has 2 atom stereocenters. The minimum absolute atomic E-state index is 0. The number of fused-ring (bicyclic) bond motifs is 1. The predicted molar refractivity (Wildman–Crippen MR) is 82.5 cm³/mol. The molecule has 0 bridgehead atoms. The van der Waals surface area contributed by atoms with Gasteiger partial charge >= 0.3 is 0 Å². The van der Waals surface area contributed by atoms with E-state index in [2.05, 4.69) is 22.2 Å². The molecule has 1 saturated carbocycles. The maximum atomic E-state index is 12.2. The highest BCUT2D eigenvalue weighted by Gasteiger charge is 2.27. The van der Waals surface area contributed by atoms with Crippen molar-refractivity contribution in [2.24, 2.45) is 5.73 Å². The van der Waals surface area contributed by atoms with Gasteiger partial charge in [0.1, 0.15) is 0 Å². The maximum Gasteiger partial charge on any atom is 0.280 e. The van der Waals surface area contributed by atoms with Crippen molar-refractivity contribution in [2.45, 2.75) is 44.3 Å². The molecule has 0 spiro atoms. The topological polar surface area (TPSA) is 71.2 Å². The van der Waals surface area contributed by atoms with E-state index in [1.165, 1.54) is 16.2 Å². The lowest BCUT2D eigenvalue weighted by Crippen LogP contribution is -2.43. The lowest BCUT2D eigenvalue weighted by Gasteiger charge is -2.20. The highest BCUT2D eigenvalue weighted by molar-refractivity contribution is 7.13. The molecule has 1 amide bonds. The van der Waals surface area contributed by atoms with Crippen LogP contribution in [0.25, 0.3) is 0 Å². The lowest BCUT2D eigenvalue weighted by molar-refractivity contribution is 0.0934. The van der Waals surface area contributed by atoms with E-state index in [0.29, 0.717) is 5.01 Å². The van der Waals surface area contributed by atoms with Crippen molar-refractivity contribution in [3.63, 3.8) is 0 Å². The van der Waals surface area contributed by atoms with Gasteiger partial charge in [-0.25, -0.2) is 4.98 Å². The van der Waals surface area contributed by atoms with Crippen molar-refractivity contribution in [2.75, 3.05) is 13.6 Å². The molecule has 1 aliphatic heterocycles. The molecule has 2 aliphatic rings. The molecule has 20 heavy (non-hydrogen) atoms. The largest absolute Gasteiger partial charge is 0.346 e. The molecule has 0 saturated heterocycles. The number of nitrogens with one attached hydrogen (secondary N) is 1. The molecule has 1 fully saturated rings. The number of halogens is 1. The molecule has 5 nitrogen and oxygen atoms in total. The first-order chi connectivity index (χ1) is 9.13. The van der Waals surface area contributed by atoms with Gasteiger partial charge in [0.25, 0.3) is 5.91 Å². The first-order valence-electron chi connectivity index (χ1n) is 6.87. The van der Waals surface area contributed by atoms with E-state index in [4.69, 9.17) is 5.73 Å². The Bertz CT molecular complexity index is 493. The van der Waals surface area contributed by atoms with Gasteiger partial charge in [0.2, 0.25) is 0 Å². The summed E-state index contributed by atoms with van der Waals surface area (Å²) in [5.74, 6) is -0.0515. The van der Waals surface area contributed by atoms with E-state index < -0.39 is 0 Å². The third kappa shape index (κ3) is 3.14. The SMILES string of the molecule is CN1CCc2nc(C(=O)N[C@H]3CCC[C@@H]3N)sc2C1.Cl. The second-order valence-corrected chi connectivity index (χ2v) is 6.64. The molecule has 0 radical (unpaired) electrons. The van der Waals surface area contributed by atoms with E-state index in [1.54, 1.807) is 0 Å². The standard InChI is InChI=1S/C13H20N4OS.ClH/c1-17-6-5-10-11(7-17)19-13(16-10)12(18)15-9-4-2-3-8(9)14;/h8-9H,2-7,14H2,1H3,(H,15,18);1H/t8-,9-;/m0./s1. The normalized spacial score (nSPS) is 25.9. The zero-order valence-electron chi connectivity index (χ0n) is 11.6. The van der Waals surface area contributed by atoms with Crippen LogP contribution in [0.2, 0.25) is 0 Å². The highest BCUT2D eigenvalue weighted by Crippen LogP contribution is 2.25. The van der Waals surface area contributed by atoms with Crippen molar-refractivity contribution < 1.29 is 4.79 Å². The van der Waals surface area contributed by atoms with Gasteiger partial charge in [-0.2, -0.15) is 0 Å². The molecule has 1 aromatic heterocycles. The Morgan fingerprint density at radius 2 is 2.30 bits per heavy atom. The Balaban J connectivity index is 0.00000147. The number of nitrogens with zero attached hydrogens (tertiary/aromatic N) is 2. The summed E-state index contributed by atoms with van der Waals surface area (Å²) in [4.78, 5) is 20.2. The van der Waals surface area contributed by atoms with Crippen LogP contribution in [-0.4, -0.2) is 41.5 Å². The fraction of sp³-hybridized carbons (Fsp3) is 0.692. The Kier molecular flexibility index (Phi) is 5.01. The van der Waals surface area contributed by atoms with Gasteiger partial charge in [-0.15, -0.1) is 23.7 Å². The molecule has 0 unspecified atom stereocenters. The molecule has 3 rings (SSSR count). The Hall–Kier alpha value is -0.690. The summed E-state index contributed by atoms with van der Waals surface area (Å²) in [5, 5.41) is 3.63. The molecule has 1 aliphatic carbocycles. The Morgan fingerprint density at radius 3 is 3.00 bits per heavy atom. The van der Waals surface area contributed by atoms with Gasteiger partial charge in [-0.3, -0.25) is 4.79 Å². The summed E-state index contributed by atoms with van der Waals surface area (Å²) < 4.78 is 0. The van der Waals surface area contributed by atoms with Gasteiger partial charge < -0.3 is 16.0 Å². The number of aromatic nitrogens is 1. The van der Waals surface area contributed by atoms with Crippen LogP contribution in [-0.2, 0) is 13.0 Å². The van der Waals surface area contributed by atoms with Crippen LogP contribution in [0.1, 0.15) is 39.6 Å². The molecule has 2 heterocycles. The Morgan fingerprint density at radius 1 is 1.50 bits per heavy atom. The van der Waals surface area contributed by atoms with Crippen molar-refractivity contribution in [3.05, 3.63) is 15.6 Å². The van der Waals surface area contributed by atoms with Crippen molar-refractivity contribution in [1.29, 1.82) is 0 Å². The minimum Gasteiger partial charge on any atom is -0.346 e. The van der Waals surface area contributed by atoms with Crippen LogP contribution in [0.3, 0.4) is 0 Å². The number of likely N-dealkylation sites (N-methyl/N-ethyl adjacent to an activating group) is 1. The molecule has 7 heteroatoms. The van der Waals surface area contributed by atoms with Gasteiger partial charge in [-0.1, -0.05) is 0 Å². The quantitative estimate of drug-likeness (QED) is 0.859. The van der Waals surface area contributed by atoms with Gasteiger partial charge in [0.05, 0.1) is 5.69 Å². The third-order valence-electron chi connectivity index (χ3n) is 4.00. The van der Waals surface area contributed by atoms with Crippen LogP contribution < -0.4 is 11.1 Å². The third-order valence-corrected chi connectivity index (χ3v) is 5.08. The fourth-order valence-electron chi connectivity index (χ4n) is 2.82. The van der Waals surface area contributed by atoms with Crippen LogP contribution in [0, 0.1) is 0 Å². The summed E-state index contributed by atoms with van der Waals surface area (Å²) in [5.41, 5.74) is 7.08. The number of carbonyl (C=O) groups is 1. The summed E-state index contributed by atoms with van der Waals surface area (Å²) in [6, 6.07) is 0.223. The first-order valence-corrected chi connectivity index (χ1v) is 7.68. The first kappa shape index (κ1) is 15.7. The molecule has 3 N–H and O–H groups in total. The van der Waals surface area contributed by atoms with Gasteiger partial charge in [0, 0.05) is 36.5 Å². The Labute approximate surface area is 129 Å². The number of rotatable bonds is 2. The number of thiazole rings is 1. The van der Waals surface area contributed by atoms with E-state index >= 15 is 0 Å². The van der Waals surface area contributed by atoms with Crippen LogP contribution in [0.4, 0.5) is 0 Å². The minimum atomic E-state index is -0.0515. The monoisotopic (exact) mass is 316 g/mol. The smallest absolute Gasteiger partial charge is 0.280 e. The van der Waals surface area contributed by atoms with E-state index in [-0.39, 0.29) is 30.4 Å². The van der Waals surface area contributed by atoms with Crippen LogP contribution >= 0.6 is 23.7 Å². The fourth-order valence-corrected chi connectivity index (χ4v) is 3.91. The molecular weight excluding hydrogens is 296 g/mol. The van der Waals surface area contributed by atoms with Gasteiger partial charge in [0.15, 0.2) is 5.01 Å². The predicted octanol–water partition coefficient (Wildman–Crippen LogP) is 1.16. The maximum absolute atomic E-state index is 12.2. The lowest BCUT2D eigenvalue weighted by atomic mass is 10.2. The molecule has 1 aromatic rings. The van der Waals surface area contributed by atoms with Crippen molar-refractivity contribution in [3.8, 4) is 0 Å². The second kappa shape index (κ2) is 6.39. The van der Waals surface area contributed by atoms with Crippen molar-refractivity contribution in [1.82, 2.24) is 15.2 Å². The highest BCUT2D eigenvalue weighted by atomic mass is 35.5. The summed E-state index contributed by atoms with van der Waals surface area (Å²) in [6.07, 6.45) is 4.04. The van der Waals surface area contributed by atoms with Crippen LogP contribution in [0.15, 0.2) is 0 Å². The number of carbonyl (C=O) groups excluding carboxylic acids is 1. The summed E-state index contributed by atoms with van der Waals surface area (Å²) >= 11 is 1.53. The number of hydrogen-bond donors (Lipinski definition) is 2. The van der Waals surface area contributed by atoms with E-state index in [0.717, 1.165) is 44.5 Å². The number of amides is 1. The zero-order chi connectivity index (χ0) is 13.4. The van der Waals surface area contributed by atoms with Gasteiger partial charge in [-0.05, 0) is 26.3 Å². The average molecular weight is 317 g/mol. The number of hydrogen-bond acceptors (Lipinski definition) is 5. The van der Waals surface area contributed by atoms with Crippen LogP contribution in [0.5, 0.6) is 0 Å². The molecule has 112 valence electrons. The van der Waals surface area contributed by atoms with Crippen molar-refractivity contribution >= 4 is 29.7 Å². The summed E-state index contributed by atoms with van der Waals surface area (Å²) in [6.45, 7) is 1.93. The average Bonchev–Trinajstić information content (AvgIpc) is 2.96. The van der Waals surface area contributed by atoms with E-state index in [1.807, 2.05) is 0 Å². The summed E-state index contributed by atoms with van der Waals surface area (Å²) in [7, 11) is 2.10. The van der Waals surface area contributed by atoms with E-state index in [9.17, 15) is 4.79 Å². The molecule has 0 aromatic carbocycles. The second-order valence-electron chi connectivity index (χ2n) is 5.55. The number of nitrogens with two attached hydrogens (primary N) is 1.